The van der Waals surface area contributed by atoms with Crippen LogP contribution in [-0.4, -0.2) is 4.64 Å². The number of rotatable bonds is 0. The van der Waals surface area contributed by atoms with Gasteiger partial charge < -0.3 is 0 Å². The average molecular weight is 153 g/mol. The minimum Gasteiger partial charge on any atom is -0.270 e. The first-order valence-electron chi connectivity index (χ1n) is 1.78. The summed E-state index contributed by atoms with van der Waals surface area (Å²) in [5.41, 5.74) is 2.48. The molecule has 1 aliphatic heterocycles. The second kappa shape index (κ2) is 2.19. The molecule has 4 nitrogen and oxygen atoms in total. The van der Waals surface area contributed by atoms with Crippen molar-refractivity contribution in [3.63, 3.8) is 0 Å². The summed E-state index contributed by atoms with van der Waals surface area (Å²) < 4.78 is 0.923. The zero-order chi connectivity index (χ0) is 5.98. The summed E-state index contributed by atoms with van der Waals surface area (Å²) in [7, 11) is 0. The molecular weight excluding hydrogens is 151 g/mol. The molecule has 8 heavy (non-hydrogen) atoms. The SMILES string of the molecule is ClC1=CNN(Cl)N=N1. The molecule has 1 rings (SSSR count). The van der Waals surface area contributed by atoms with E-state index in [1.165, 1.54) is 6.20 Å². The molecule has 0 aromatic heterocycles. The van der Waals surface area contributed by atoms with Crippen LogP contribution in [0.5, 0.6) is 0 Å². The number of nitrogens with zero attached hydrogens (tertiary/aromatic N) is 3. The van der Waals surface area contributed by atoms with E-state index in [0.717, 1.165) is 4.64 Å². The molecule has 44 valence electrons. The third kappa shape index (κ3) is 1.24. The predicted molar refractivity (Wildman–Crippen MR) is 29.6 cm³/mol. The minimum absolute atomic E-state index is 0.280. The molecule has 0 saturated carbocycles. The number of hydrogen-bond acceptors (Lipinski definition) is 4. The molecule has 0 amide bonds. The van der Waals surface area contributed by atoms with Crippen molar-refractivity contribution in [2.24, 2.45) is 10.3 Å². The Bertz CT molecular complexity index is 141. The van der Waals surface area contributed by atoms with Gasteiger partial charge in [-0.05, 0) is 5.22 Å². The van der Waals surface area contributed by atoms with Crippen molar-refractivity contribution in [2.45, 2.75) is 0 Å². The topological polar surface area (TPSA) is 40.0 Å². The summed E-state index contributed by atoms with van der Waals surface area (Å²) >= 11 is 10.6. The van der Waals surface area contributed by atoms with E-state index in [1.54, 1.807) is 0 Å². The minimum atomic E-state index is 0.280. The molecule has 0 aromatic carbocycles. The summed E-state index contributed by atoms with van der Waals surface area (Å²) in [6.45, 7) is 0. The summed E-state index contributed by atoms with van der Waals surface area (Å²) in [5.74, 6) is 0. The number of halogens is 2. The Labute approximate surface area is 55.8 Å². The second-order valence-electron chi connectivity index (χ2n) is 1.05. The van der Waals surface area contributed by atoms with Crippen LogP contribution in [0, 0.1) is 0 Å². The number of hydrazine groups is 1. The van der Waals surface area contributed by atoms with Crippen molar-refractivity contribution in [1.29, 1.82) is 0 Å². The molecule has 1 aliphatic rings. The van der Waals surface area contributed by atoms with E-state index in [9.17, 15) is 0 Å². The number of nitrogens with one attached hydrogen (secondary N) is 1. The maximum Gasteiger partial charge on any atom is 0.171 e. The van der Waals surface area contributed by atoms with Crippen LogP contribution in [0.25, 0.3) is 0 Å². The van der Waals surface area contributed by atoms with Crippen molar-refractivity contribution in [3.05, 3.63) is 11.4 Å². The molecule has 6 heteroatoms. The fraction of sp³-hybridized carbons (Fsp3) is 0. The first kappa shape index (κ1) is 5.65. The van der Waals surface area contributed by atoms with Gasteiger partial charge in [0.1, 0.15) is 0 Å². The van der Waals surface area contributed by atoms with Crippen molar-refractivity contribution < 1.29 is 0 Å². The predicted octanol–water partition coefficient (Wildman–Crippen LogP) is 1.37. The van der Waals surface area contributed by atoms with Crippen molar-refractivity contribution >= 4 is 23.4 Å². The third-order valence-corrected chi connectivity index (χ3v) is 0.859. The highest BCUT2D eigenvalue weighted by Crippen LogP contribution is 2.08. The zero-order valence-corrected chi connectivity index (χ0v) is 5.19. The molecule has 0 unspecified atom stereocenters. The molecule has 0 saturated heterocycles. The van der Waals surface area contributed by atoms with Gasteiger partial charge in [0, 0.05) is 0 Å². The van der Waals surface area contributed by atoms with Gasteiger partial charge in [-0.25, -0.2) is 0 Å². The Morgan fingerprint density at radius 2 is 2.50 bits per heavy atom. The Balaban J connectivity index is 2.58. The van der Waals surface area contributed by atoms with Gasteiger partial charge in [-0.15, -0.1) is 5.11 Å². The standard InChI is InChI=1S/C2H2Cl2N4/c3-2-1-5-8(4)7-6-2/h1,5H. The lowest BCUT2D eigenvalue weighted by Crippen LogP contribution is -2.20. The first-order chi connectivity index (χ1) is 3.79. The molecule has 0 atom stereocenters. The lowest BCUT2D eigenvalue weighted by atomic mass is 10.9. The van der Waals surface area contributed by atoms with Gasteiger partial charge in [-0.1, -0.05) is 16.2 Å². The van der Waals surface area contributed by atoms with Crippen LogP contribution in [0.15, 0.2) is 21.7 Å². The lowest BCUT2D eigenvalue weighted by Gasteiger charge is -2.08. The Hall–Kier alpha value is -0.480. The van der Waals surface area contributed by atoms with Gasteiger partial charge in [0.25, 0.3) is 0 Å². The Morgan fingerprint density at radius 3 is 2.88 bits per heavy atom. The monoisotopic (exact) mass is 152 g/mol. The van der Waals surface area contributed by atoms with Crippen molar-refractivity contribution in [2.75, 3.05) is 0 Å². The Kier molecular flexibility index (Phi) is 1.55. The molecule has 1 heterocycles. The van der Waals surface area contributed by atoms with E-state index in [0.29, 0.717) is 0 Å². The van der Waals surface area contributed by atoms with E-state index in [4.69, 9.17) is 23.4 Å². The second-order valence-corrected chi connectivity index (χ2v) is 1.75. The summed E-state index contributed by atoms with van der Waals surface area (Å²) in [6.07, 6.45) is 1.42. The fourth-order valence-corrected chi connectivity index (χ4v) is 0.408. The quantitative estimate of drug-likeness (QED) is 0.421. The lowest BCUT2D eigenvalue weighted by molar-refractivity contribution is 0.376. The van der Waals surface area contributed by atoms with E-state index < -0.39 is 0 Å². The van der Waals surface area contributed by atoms with Gasteiger partial charge in [0.15, 0.2) is 5.16 Å². The van der Waals surface area contributed by atoms with Crippen molar-refractivity contribution in [3.8, 4) is 0 Å². The summed E-state index contributed by atoms with van der Waals surface area (Å²) in [4.78, 5) is 0. The van der Waals surface area contributed by atoms with Crippen LogP contribution in [0.2, 0.25) is 0 Å². The molecular formula is C2H2Cl2N4. The van der Waals surface area contributed by atoms with Crippen molar-refractivity contribution in [1.82, 2.24) is 10.1 Å². The Morgan fingerprint density at radius 1 is 1.75 bits per heavy atom. The molecule has 0 aliphatic carbocycles. The highest BCUT2D eigenvalue weighted by Gasteiger charge is 1.98. The van der Waals surface area contributed by atoms with E-state index in [2.05, 4.69) is 15.8 Å². The largest absolute Gasteiger partial charge is 0.270 e. The van der Waals surface area contributed by atoms with Crippen LogP contribution in [0.3, 0.4) is 0 Å². The molecule has 0 bridgehead atoms. The van der Waals surface area contributed by atoms with Crippen LogP contribution in [0.4, 0.5) is 0 Å². The highest BCUT2D eigenvalue weighted by molar-refractivity contribution is 6.29. The number of hydrogen-bond donors (Lipinski definition) is 1. The van der Waals surface area contributed by atoms with Gasteiger partial charge in [-0.3, -0.25) is 5.43 Å². The molecule has 0 aromatic rings. The maximum absolute atomic E-state index is 5.33. The highest BCUT2D eigenvalue weighted by atomic mass is 35.5. The molecule has 0 fully saturated rings. The van der Waals surface area contributed by atoms with E-state index in [1.807, 2.05) is 0 Å². The van der Waals surface area contributed by atoms with Gasteiger partial charge in [0.2, 0.25) is 0 Å². The van der Waals surface area contributed by atoms with Crippen LogP contribution in [-0.2, 0) is 0 Å². The van der Waals surface area contributed by atoms with E-state index in [-0.39, 0.29) is 5.16 Å². The smallest absolute Gasteiger partial charge is 0.171 e. The molecule has 0 spiro atoms. The molecule has 0 radical (unpaired) electrons. The molecule has 1 N–H and O–H groups in total. The van der Waals surface area contributed by atoms with Gasteiger partial charge >= 0.3 is 0 Å². The van der Waals surface area contributed by atoms with Crippen LogP contribution < -0.4 is 5.43 Å². The van der Waals surface area contributed by atoms with Crippen LogP contribution in [0.1, 0.15) is 0 Å². The van der Waals surface area contributed by atoms with E-state index >= 15 is 0 Å². The average Bonchev–Trinajstić information content (AvgIpc) is 1.77. The third-order valence-electron chi connectivity index (χ3n) is 0.509. The van der Waals surface area contributed by atoms with Crippen LogP contribution >= 0.6 is 23.4 Å². The first-order valence-corrected chi connectivity index (χ1v) is 2.50. The normalized spacial score (nSPS) is 17.8. The fourth-order valence-electron chi connectivity index (χ4n) is 0.243. The summed E-state index contributed by atoms with van der Waals surface area (Å²) in [5, 5.41) is 7.00. The van der Waals surface area contributed by atoms with Gasteiger partial charge in [0.05, 0.1) is 18.0 Å². The maximum atomic E-state index is 5.33. The van der Waals surface area contributed by atoms with Gasteiger partial charge in [-0.2, -0.15) is 0 Å². The summed E-state index contributed by atoms with van der Waals surface area (Å²) in [6, 6.07) is 0. The zero-order valence-electron chi connectivity index (χ0n) is 3.67.